The maximum absolute atomic E-state index is 12.8. The van der Waals surface area contributed by atoms with Crippen LogP contribution in [0.3, 0.4) is 0 Å². The monoisotopic (exact) mass is 390 g/mol. The van der Waals surface area contributed by atoms with E-state index in [1.807, 2.05) is 9.80 Å². The van der Waals surface area contributed by atoms with E-state index in [1.165, 1.54) is 6.20 Å². The van der Waals surface area contributed by atoms with E-state index in [0.717, 1.165) is 32.2 Å². The first-order valence-electron chi connectivity index (χ1n) is 10.1. The molecule has 2 aliphatic rings. The molecule has 154 valence electrons. The minimum absolute atomic E-state index is 0.0296. The van der Waals surface area contributed by atoms with Gasteiger partial charge in [0.25, 0.3) is 5.56 Å². The van der Waals surface area contributed by atoms with Crippen LogP contribution in [0.4, 0.5) is 0 Å². The molecule has 28 heavy (non-hydrogen) atoms. The number of aromatic amines is 2. The van der Waals surface area contributed by atoms with Crippen molar-refractivity contribution in [2.24, 2.45) is 11.3 Å². The fourth-order valence-electron chi connectivity index (χ4n) is 4.32. The summed E-state index contributed by atoms with van der Waals surface area (Å²) in [5.74, 6) is 0.655. The molecule has 3 heterocycles. The van der Waals surface area contributed by atoms with Gasteiger partial charge in [0.05, 0.1) is 6.42 Å². The molecule has 0 unspecified atom stereocenters. The Hall–Kier alpha value is -2.38. The normalized spacial score (nSPS) is 22.9. The van der Waals surface area contributed by atoms with Crippen LogP contribution in [0.2, 0.25) is 0 Å². The number of hydrogen-bond donors (Lipinski definition) is 2. The van der Waals surface area contributed by atoms with Gasteiger partial charge in [-0.25, -0.2) is 4.79 Å². The van der Waals surface area contributed by atoms with Gasteiger partial charge in [0, 0.05) is 49.8 Å². The maximum Gasteiger partial charge on any atom is 0.325 e. The van der Waals surface area contributed by atoms with Gasteiger partial charge in [-0.05, 0) is 31.6 Å². The van der Waals surface area contributed by atoms with Crippen molar-refractivity contribution in [3.8, 4) is 0 Å². The second-order valence-electron chi connectivity index (χ2n) is 8.69. The van der Waals surface area contributed by atoms with Crippen LogP contribution >= 0.6 is 0 Å². The summed E-state index contributed by atoms with van der Waals surface area (Å²) in [6.45, 7) is 7.09. The lowest BCUT2D eigenvalue weighted by molar-refractivity contribution is -0.142. The smallest absolute Gasteiger partial charge is 0.325 e. The summed E-state index contributed by atoms with van der Waals surface area (Å²) in [6, 6.07) is 0. The molecule has 0 aliphatic carbocycles. The van der Waals surface area contributed by atoms with E-state index in [-0.39, 0.29) is 29.2 Å². The Kier molecular flexibility index (Phi) is 6.05. The number of aromatic nitrogens is 2. The number of piperidine rings is 2. The lowest BCUT2D eigenvalue weighted by Crippen LogP contribution is -2.55. The number of rotatable bonds is 5. The summed E-state index contributed by atoms with van der Waals surface area (Å²) < 4.78 is 0. The summed E-state index contributed by atoms with van der Waals surface area (Å²) >= 11 is 0. The van der Waals surface area contributed by atoms with E-state index in [4.69, 9.17) is 0 Å². The van der Waals surface area contributed by atoms with E-state index >= 15 is 0 Å². The summed E-state index contributed by atoms with van der Waals surface area (Å²) in [7, 11) is 0. The summed E-state index contributed by atoms with van der Waals surface area (Å²) in [5.41, 5.74) is -0.879. The van der Waals surface area contributed by atoms with Crippen molar-refractivity contribution in [2.45, 2.75) is 52.4 Å². The Bertz CT molecular complexity index is 843. The third kappa shape index (κ3) is 4.72. The van der Waals surface area contributed by atoms with Crippen molar-refractivity contribution in [1.29, 1.82) is 0 Å². The molecule has 1 aromatic heterocycles. The van der Waals surface area contributed by atoms with Crippen LogP contribution in [-0.2, 0) is 16.0 Å². The number of hydrogen-bond acceptors (Lipinski definition) is 4. The lowest BCUT2D eigenvalue weighted by atomic mass is 9.73. The van der Waals surface area contributed by atoms with Crippen molar-refractivity contribution in [1.82, 2.24) is 19.8 Å². The Morgan fingerprint density at radius 2 is 2.00 bits per heavy atom. The summed E-state index contributed by atoms with van der Waals surface area (Å²) in [4.78, 5) is 56.5. The maximum atomic E-state index is 12.8. The van der Waals surface area contributed by atoms with Gasteiger partial charge in [-0.2, -0.15) is 0 Å². The topological polar surface area (TPSA) is 106 Å². The molecule has 8 heteroatoms. The molecular weight excluding hydrogens is 360 g/mol. The van der Waals surface area contributed by atoms with Gasteiger partial charge in [-0.1, -0.05) is 13.8 Å². The van der Waals surface area contributed by atoms with Crippen molar-refractivity contribution >= 4 is 11.8 Å². The third-order valence-electron chi connectivity index (χ3n) is 5.98. The zero-order valence-electron chi connectivity index (χ0n) is 16.8. The summed E-state index contributed by atoms with van der Waals surface area (Å²) in [5, 5.41) is 0. The van der Waals surface area contributed by atoms with Crippen LogP contribution in [0.25, 0.3) is 0 Å². The molecule has 8 nitrogen and oxygen atoms in total. The first-order chi connectivity index (χ1) is 13.3. The highest BCUT2D eigenvalue weighted by Crippen LogP contribution is 2.39. The van der Waals surface area contributed by atoms with E-state index < -0.39 is 11.2 Å². The van der Waals surface area contributed by atoms with Gasteiger partial charge in [0.2, 0.25) is 11.8 Å². The molecule has 0 saturated carbocycles. The molecule has 1 atom stereocenters. The average molecular weight is 390 g/mol. The standard InChI is InChI=1S/C20H30N4O4/c1-14(2)5-9-24-13-20(7-4-16(24)25)6-3-8-23(12-20)17(26)10-15-11-21-19(28)22-18(15)27/h11,14H,3-10,12-13H2,1-2H3,(H2,21,22,27,28)/t20-/m0/s1. The predicted molar refractivity (Wildman–Crippen MR) is 105 cm³/mol. The number of H-pyrrole nitrogens is 2. The predicted octanol–water partition coefficient (Wildman–Crippen LogP) is 0.883. The van der Waals surface area contributed by atoms with Crippen molar-refractivity contribution in [3.05, 3.63) is 32.6 Å². The number of nitrogens with zero attached hydrogens (tertiary/aromatic N) is 2. The molecule has 2 saturated heterocycles. The van der Waals surface area contributed by atoms with Gasteiger partial charge in [0.15, 0.2) is 0 Å². The zero-order chi connectivity index (χ0) is 20.3. The lowest BCUT2D eigenvalue weighted by Gasteiger charge is -2.48. The van der Waals surface area contributed by atoms with Crippen molar-refractivity contribution in [3.63, 3.8) is 0 Å². The molecule has 2 amide bonds. The Morgan fingerprint density at radius 3 is 2.71 bits per heavy atom. The van der Waals surface area contributed by atoms with Gasteiger partial charge < -0.3 is 14.8 Å². The Labute approximate surface area is 164 Å². The van der Waals surface area contributed by atoms with Gasteiger partial charge >= 0.3 is 5.69 Å². The van der Waals surface area contributed by atoms with Crippen LogP contribution in [0.1, 0.15) is 51.5 Å². The zero-order valence-corrected chi connectivity index (χ0v) is 16.8. The fourth-order valence-corrected chi connectivity index (χ4v) is 4.32. The Balaban J connectivity index is 1.67. The largest absolute Gasteiger partial charge is 0.342 e. The van der Waals surface area contributed by atoms with Crippen LogP contribution in [0, 0.1) is 11.3 Å². The minimum Gasteiger partial charge on any atom is -0.342 e. The SMILES string of the molecule is CC(C)CCN1C[C@@]2(CCCN(C(=O)Cc3c[nH]c(=O)[nH]c3=O)C2)CCC1=O. The van der Waals surface area contributed by atoms with Crippen LogP contribution in [0.5, 0.6) is 0 Å². The van der Waals surface area contributed by atoms with Gasteiger partial charge in [-0.3, -0.25) is 19.4 Å². The number of carbonyl (C=O) groups excluding carboxylic acids is 2. The Morgan fingerprint density at radius 1 is 1.21 bits per heavy atom. The first kappa shape index (κ1) is 20.4. The number of amides is 2. The van der Waals surface area contributed by atoms with Gasteiger partial charge in [-0.15, -0.1) is 0 Å². The first-order valence-corrected chi connectivity index (χ1v) is 10.1. The second-order valence-corrected chi connectivity index (χ2v) is 8.69. The second kappa shape index (κ2) is 8.32. The van der Waals surface area contributed by atoms with E-state index in [0.29, 0.717) is 32.0 Å². The molecular formula is C20H30N4O4. The molecule has 2 fully saturated rings. The molecule has 3 rings (SSSR count). The molecule has 2 N–H and O–H groups in total. The molecule has 1 spiro atoms. The van der Waals surface area contributed by atoms with E-state index in [2.05, 4.69) is 23.8 Å². The summed E-state index contributed by atoms with van der Waals surface area (Å²) in [6.07, 6.45) is 5.54. The third-order valence-corrected chi connectivity index (χ3v) is 5.98. The fraction of sp³-hybridized carbons (Fsp3) is 0.700. The van der Waals surface area contributed by atoms with Crippen molar-refractivity contribution in [2.75, 3.05) is 26.2 Å². The van der Waals surface area contributed by atoms with Crippen LogP contribution in [-0.4, -0.2) is 57.8 Å². The highest BCUT2D eigenvalue weighted by Gasteiger charge is 2.42. The van der Waals surface area contributed by atoms with Gasteiger partial charge in [0.1, 0.15) is 0 Å². The quantitative estimate of drug-likeness (QED) is 0.778. The molecule has 2 aliphatic heterocycles. The van der Waals surface area contributed by atoms with E-state index in [9.17, 15) is 19.2 Å². The van der Waals surface area contributed by atoms with Crippen LogP contribution < -0.4 is 11.2 Å². The number of likely N-dealkylation sites (tertiary alicyclic amines) is 2. The molecule has 0 radical (unpaired) electrons. The minimum atomic E-state index is -0.577. The molecule has 1 aromatic rings. The molecule has 0 aromatic carbocycles. The highest BCUT2D eigenvalue weighted by atomic mass is 16.2. The van der Waals surface area contributed by atoms with E-state index in [1.54, 1.807) is 0 Å². The molecule has 0 bridgehead atoms. The average Bonchev–Trinajstić information content (AvgIpc) is 2.65. The number of nitrogens with one attached hydrogen (secondary N) is 2. The highest BCUT2D eigenvalue weighted by molar-refractivity contribution is 5.79. The van der Waals surface area contributed by atoms with Crippen LogP contribution in [0.15, 0.2) is 15.8 Å². The number of carbonyl (C=O) groups is 2. The van der Waals surface area contributed by atoms with Crippen molar-refractivity contribution < 1.29 is 9.59 Å².